The first-order valence-corrected chi connectivity index (χ1v) is 0. The zero-order valence-electron chi connectivity index (χ0n) is 2.32. The van der Waals surface area contributed by atoms with E-state index in [2.05, 4.69) is 0 Å². The van der Waals surface area contributed by atoms with Crippen molar-refractivity contribution in [3.63, 3.8) is 0 Å². The standard InChI is InChI=1S/Ba.3H2O.2Sm.2H/h;3*1H2;;;;. The fourth-order valence-corrected chi connectivity index (χ4v) is 0. The van der Waals surface area contributed by atoms with Gasteiger partial charge in [0.1, 0.15) is 0 Å². The Bertz CT molecular complexity index is 8.75. The van der Waals surface area contributed by atoms with Crippen LogP contribution in [-0.4, -0.2) is 65.3 Å². The summed E-state index contributed by atoms with van der Waals surface area (Å²) in [5.41, 5.74) is 0. The molecule has 3 nitrogen and oxygen atoms in total. The van der Waals surface area contributed by atoms with Crippen LogP contribution in [-0.2, 0) is 0 Å². The molecule has 0 amide bonds. The smallest absolute Gasteiger partial charge is 0 e. The summed E-state index contributed by atoms with van der Waals surface area (Å²) in [6.07, 6.45) is 0. The summed E-state index contributed by atoms with van der Waals surface area (Å²) >= 11 is 0. The molecular formula is H8BaO3Sm2. The predicted molar refractivity (Wildman–Crippen MR) is 19.4 cm³/mol. The topological polar surface area (TPSA) is 94.5 Å². The van der Waals surface area contributed by atoms with Crippen LogP contribution in [0.15, 0.2) is 0 Å². The maximum absolute atomic E-state index is 0. The third kappa shape index (κ3) is 24.2. The Kier molecular flexibility index (Phi) is 292. The summed E-state index contributed by atoms with van der Waals surface area (Å²) in [4.78, 5) is 0. The van der Waals surface area contributed by atoms with E-state index in [-0.39, 0.29) is 146 Å². The normalized spacial score (nSPS) is 0. The second-order valence-corrected chi connectivity index (χ2v) is 0. The average molecular weight is 494 g/mol. The molecule has 0 aliphatic carbocycles. The Hall–Kier alpha value is 4.13. The van der Waals surface area contributed by atoms with E-state index in [0.29, 0.717) is 0 Å². The molecule has 0 saturated carbocycles. The molecule has 6 heavy (non-hydrogen) atoms. The molecule has 0 rings (SSSR count). The Morgan fingerprint density at radius 2 is 0.500 bits per heavy atom. The first-order chi connectivity index (χ1) is 0. The SMILES string of the molecule is O.O.O.[BaH2].[Sm].[Sm]. The summed E-state index contributed by atoms with van der Waals surface area (Å²) in [7, 11) is 0. The van der Waals surface area contributed by atoms with Crippen molar-refractivity contribution in [3.05, 3.63) is 0 Å². The van der Waals surface area contributed by atoms with Crippen LogP contribution in [0.2, 0.25) is 0 Å². The molecule has 6 N–H and O–H groups in total. The minimum absolute atomic E-state index is 0. The van der Waals surface area contributed by atoms with Gasteiger partial charge in [-0.1, -0.05) is 0 Å². The van der Waals surface area contributed by atoms with Crippen LogP contribution >= 0.6 is 0 Å². The Morgan fingerprint density at radius 3 is 0.500 bits per heavy atom. The second-order valence-electron chi connectivity index (χ2n) is 0. The van der Waals surface area contributed by atoms with E-state index in [0.717, 1.165) is 0 Å². The molecule has 40 valence electrons. The van der Waals surface area contributed by atoms with Gasteiger partial charge in [0.05, 0.1) is 0 Å². The van der Waals surface area contributed by atoms with E-state index in [1.807, 2.05) is 0 Å². The van der Waals surface area contributed by atoms with Crippen molar-refractivity contribution in [2.75, 3.05) is 0 Å². The van der Waals surface area contributed by atoms with Crippen molar-refractivity contribution in [3.8, 4) is 0 Å². The molecule has 0 radical (unpaired) electrons. The van der Waals surface area contributed by atoms with E-state index in [4.69, 9.17) is 0 Å². The van der Waals surface area contributed by atoms with Gasteiger partial charge in [0.15, 0.2) is 0 Å². The van der Waals surface area contributed by atoms with Gasteiger partial charge < -0.3 is 16.4 Å². The fourth-order valence-electron chi connectivity index (χ4n) is 0. The predicted octanol–water partition coefficient (Wildman–Crippen LogP) is -3.39. The quantitative estimate of drug-likeness (QED) is 0.315. The first-order valence-electron chi connectivity index (χ1n) is 0. The zero-order valence-corrected chi connectivity index (χ0v) is 7.56. The molecule has 0 saturated heterocycles. The van der Waals surface area contributed by atoms with Gasteiger partial charge in [0, 0.05) is 80.8 Å². The summed E-state index contributed by atoms with van der Waals surface area (Å²) in [5, 5.41) is 0. The van der Waals surface area contributed by atoms with E-state index in [9.17, 15) is 0 Å². The molecule has 0 heterocycles. The average Bonchev–Trinajstić information content (AvgIpc) is 0. The number of hydrogen-bond acceptors (Lipinski definition) is 0. The molecule has 6 heteroatoms. The molecule has 0 spiro atoms. The molecule has 0 atom stereocenters. The van der Waals surface area contributed by atoms with Gasteiger partial charge >= 0.3 is 48.9 Å². The number of hydrogen-bond donors (Lipinski definition) is 0. The minimum atomic E-state index is 0. The van der Waals surface area contributed by atoms with E-state index < -0.39 is 0 Å². The molecular weight excluding hydrogens is 486 g/mol. The van der Waals surface area contributed by atoms with Gasteiger partial charge in [0.25, 0.3) is 0 Å². The van der Waals surface area contributed by atoms with E-state index >= 15 is 0 Å². The van der Waals surface area contributed by atoms with Crippen LogP contribution < -0.4 is 0 Å². The third-order valence-electron chi connectivity index (χ3n) is 0. The fraction of sp³-hybridized carbons (Fsp3) is 0. The van der Waals surface area contributed by atoms with Gasteiger partial charge in [-0.3, -0.25) is 0 Å². The largest absolute Gasteiger partial charge is 0 e. The van der Waals surface area contributed by atoms with Crippen LogP contribution in [0.4, 0.5) is 0 Å². The molecule has 0 aromatic heterocycles. The van der Waals surface area contributed by atoms with Gasteiger partial charge in [-0.15, -0.1) is 0 Å². The van der Waals surface area contributed by atoms with Gasteiger partial charge in [0.2, 0.25) is 0 Å². The van der Waals surface area contributed by atoms with Crippen molar-refractivity contribution >= 4 is 48.9 Å². The zero-order chi connectivity index (χ0) is 0. The third-order valence-corrected chi connectivity index (χ3v) is 0. The first kappa shape index (κ1) is 49.5. The summed E-state index contributed by atoms with van der Waals surface area (Å²) in [5.74, 6) is 0. The van der Waals surface area contributed by atoms with Gasteiger partial charge in [-0.05, 0) is 0 Å². The van der Waals surface area contributed by atoms with Gasteiger partial charge in [-0.2, -0.15) is 0 Å². The van der Waals surface area contributed by atoms with Crippen molar-refractivity contribution in [2.24, 2.45) is 0 Å². The maximum Gasteiger partial charge on any atom is 0 e. The molecule has 0 unspecified atom stereocenters. The van der Waals surface area contributed by atoms with E-state index in [1.165, 1.54) is 0 Å². The molecule has 0 aromatic carbocycles. The Morgan fingerprint density at radius 1 is 0.500 bits per heavy atom. The van der Waals surface area contributed by atoms with Crippen LogP contribution in [0.3, 0.4) is 0 Å². The van der Waals surface area contributed by atoms with E-state index in [1.54, 1.807) is 0 Å². The van der Waals surface area contributed by atoms with Crippen LogP contribution in [0, 0.1) is 80.8 Å². The van der Waals surface area contributed by atoms with Crippen molar-refractivity contribution in [1.82, 2.24) is 0 Å². The van der Waals surface area contributed by atoms with Crippen molar-refractivity contribution < 1.29 is 97.2 Å². The maximum atomic E-state index is 0. The Labute approximate surface area is 142 Å². The van der Waals surface area contributed by atoms with Crippen molar-refractivity contribution in [1.29, 1.82) is 0 Å². The molecule has 0 aliphatic heterocycles. The summed E-state index contributed by atoms with van der Waals surface area (Å²) < 4.78 is 0. The molecule has 0 aromatic rings. The molecule has 0 bridgehead atoms. The van der Waals surface area contributed by atoms with Gasteiger partial charge in [-0.25, -0.2) is 0 Å². The molecule has 0 aliphatic rings. The summed E-state index contributed by atoms with van der Waals surface area (Å²) in [6, 6.07) is 0. The number of rotatable bonds is 0. The molecule has 0 fully saturated rings. The second kappa shape index (κ2) is 35.4. The van der Waals surface area contributed by atoms with Crippen LogP contribution in [0.25, 0.3) is 0 Å². The van der Waals surface area contributed by atoms with Crippen molar-refractivity contribution in [2.45, 2.75) is 0 Å². The minimum Gasteiger partial charge on any atom is 0 e. The Balaban J connectivity index is 0. The monoisotopic (exact) mass is 498 g/mol. The van der Waals surface area contributed by atoms with Crippen LogP contribution in [0.1, 0.15) is 0 Å². The summed E-state index contributed by atoms with van der Waals surface area (Å²) in [6.45, 7) is 0. The van der Waals surface area contributed by atoms with Crippen LogP contribution in [0.5, 0.6) is 0 Å².